The van der Waals surface area contributed by atoms with Gasteiger partial charge >= 0.3 is 5.97 Å². The van der Waals surface area contributed by atoms with Gasteiger partial charge in [0.2, 0.25) is 10.0 Å². The number of benzene rings is 1. The molecule has 0 aliphatic heterocycles. The lowest BCUT2D eigenvalue weighted by Gasteiger charge is -2.05. The van der Waals surface area contributed by atoms with Crippen LogP contribution in [0, 0.1) is 6.92 Å². The van der Waals surface area contributed by atoms with Crippen LogP contribution in [-0.2, 0) is 19.6 Å². The van der Waals surface area contributed by atoms with Crippen molar-refractivity contribution in [2.45, 2.75) is 11.8 Å². The minimum Gasteiger partial charge on any atom is -0.434 e. The van der Waals surface area contributed by atoms with Gasteiger partial charge in [-0.05, 0) is 19.1 Å². The molecule has 0 fully saturated rings. The van der Waals surface area contributed by atoms with Gasteiger partial charge in [-0.2, -0.15) is 4.72 Å². The monoisotopic (exact) mass is 255 g/mol. The van der Waals surface area contributed by atoms with Crippen LogP contribution in [0.15, 0.2) is 42.0 Å². The van der Waals surface area contributed by atoms with Crippen LogP contribution in [0.5, 0.6) is 0 Å². The van der Waals surface area contributed by atoms with Crippen LogP contribution in [0.4, 0.5) is 0 Å². The summed E-state index contributed by atoms with van der Waals surface area (Å²) in [5, 5.41) is 0. The van der Waals surface area contributed by atoms with Crippen molar-refractivity contribution in [2.24, 2.45) is 0 Å². The number of hydrogen-bond donors (Lipinski definition) is 1. The molecule has 92 valence electrons. The van der Waals surface area contributed by atoms with E-state index in [-0.39, 0.29) is 4.90 Å². The number of nitrogens with one attached hydrogen (secondary N) is 1. The predicted molar refractivity (Wildman–Crippen MR) is 62.7 cm³/mol. The van der Waals surface area contributed by atoms with Gasteiger partial charge in [0.25, 0.3) is 0 Å². The Morgan fingerprint density at radius 2 is 2.00 bits per heavy atom. The molecule has 0 heterocycles. The first-order valence-electron chi connectivity index (χ1n) is 4.82. The Morgan fingerprint density at radius 3 is 2.53 bits per heavy atom. The fourth-order valence-electron chi connectivity index (χ4n) is 1.09. The van der Waals surface area contributed by atoms with Gasteiger partial charge in [-0.15, -0.1) is 0 Å². The van der Waals surface area contributed by atoms with Gasteiger partial charge in [-0.1, -0.05) is 24.3 Å². The Labute approximate surface area is 100 Å². The SMILES string of the molecule is C=COC(=O)CNS(=O)(=O)c1ccc(C)cc1. The van der Waals surface area contributed by atoms with E-state index in [0.717, 1.165) is 11.8 Å². The van der Waals surface area contributed by atoms with E-state index in [4.69, 9.17) is 0 Å². The third-order valence-electron chi connectivity index (χ3n) is 1.95. The van der Waals surface area contributed by atoms with Crippen LogP contribution >= 0.6 is 0 Å². The van der Waals surface area contributed by atoms with Gasteiger partial charge in [0.05, 0.1) is 11.2 Å². The number of sulfonamides is 1. The third-order valence-corrected chi connectivity index (χ3v) is 3.37. The van der Waals surface area contributed by atoms with Gasteiger partial charge in [0, 0.05) is 0 Å². The average molecular weight is 255 g/mol. The summed E-state index contributed by atoms with van der Waals surface area (Å²) in [6, 6.07) is 6.29. The van der Waals surface area contributed by atoms with Crippen molar-refractivity contribution in [2.75, 3.05) is 6.54 Å². The number of ether oxygens (including phenoxy) is 1. The molecule has 17 heavy (non-hydrogen) atoms. The van der Waals surface area contributed by atoms with Gasteiger partial charge < -0.3 is 4.74 Å². The molecule has 0 radical (unpaired) electrons. The molecule has 0 saturated carbocycles. The molecule has 0 saturated heterocycles. The fourth-order valence-corrected chi connectivity index (χ4v) is 2.06. The van der Waals surface area contributed by atoms with Crippen LogP contribution in [0.25, 0.3) is 0 Å². The standard InChI is InChI=1S/C11H13NO4S/c1-3-16-11(13)8-12-17(14,15)10-6-4-9(2)5-7-10/h3-7,12H,1,8H2,2H3. The number of carbonyl (C=O) groups excluding carboxylic acids is 1. The summed E-state index contributed by atoms with van der Waals surface area (Å²) < 4.78 is 29.9. The summed E-state index contributed by atoms with van der Waals surface area (Å²) in [7, 11) is -3.68. The molecule has 1 aromatic rings. The Bertz CT molecular complexity index is 505. The average Bonchev–Trinajstić information content (AvgIpc) is 2.28. The lowest BCUT2D eigenvalue weighted by atomic mass is 10.2. The molecule has 0 aliphatic carbocycles. The smallest absolute Gasteiger partial charge is 0.325 e. The van der Waals surface area contributed by atoms with Crippen molar-refractivity contribution in [3.63, 3.8) is 0 Å². The maximum atomic E-state index is 11.7. The Balaban J connectivity index is 2.72. The van der Waals surface area contributed by atoms with Crippen LogP contribution in [0.1, 0.15) is 5.56 Å². The van der Waals surface area contributed by atoms with Crippen molar-refractivity contribution < 1.29 is 17.9 Å². The molecule has 0 unspecified atom stereocenters. The second-order valence-corrected chi connectivity index (χ2v) is 5.06. The van der Waals surface area contributed by atoms with E-state index in [1.807, 2.05) is 6.92 Å². The Hall–Kier alpha value is -1.66. The van der Waals surface area contributed by atoms with Crippen molar-refractivity contribution in [3.8, 4) is 0 Å². The largest absolute Gasteiger partial charge is 0.434 e. The van der Waals surface area contributed by atoms with Crippen LogP contribution in [0.2, 0.25) is 0 Å². The second kappa shape index (κ2) is 5.60. The number of carbonyl (C=O) groups is 1. The Morgan fingerprint density at radius 1 is 1.41 bits per heavy atom. The third kappa shape index (κ3) is 4.01. The summed E-state index contributed by atoms with van der Waals surface area (Å²) in [5.74, 6) is -0.712. The summed E-state index contributed by atoms with van der Waals surface area (Å²) in [5.41, 5.74) is 0.954. The number of hydrogen-bond acceptors (Lipinski definition) is 4. The number of esters is 1. The quantitative estimate of drug-likeness (QED) is 0.628. The molecule has 5 nitrogen and oxygen atoms in total. The normalized spacial score (nSPS) is 10.9. The topological polar surface area (TPSA) is 72.5 Å². The van der Waals surface area contributed by atoms with E-state index in [2.05, 4.69) is 16.0 Å². The fraction of sp³-hybridized carbons (Fsp3) is 0.182. The highest BCUT2D eigenvalue weighted by atomic mass is 32.2. The lowest BCUT2D eigenvalue weighted by Crippen LogP contribution is -2.30. The Kier molecular flexibility index (Phi) is 4.42. The van der Waals surface area contributed by atoms with Crippen molar-refractivity contribution in [1.82, 2.24) is 4.72 Å². The number of rotatable bonds is 5. The van der Waals surface area contributed by atoms with Gasteiger partial charge in [0.1, 0.15) is 6.54 Å². The molecule has 0 aliphatic rings. The van der Waals surface area contributed by atoms with E-state index >= 15 is 0 Å². The van der Waals surface area contributed by atoms with E-state index in [1.165, 1.54) is 12.1 Å². The number of aryl methyl sites for hydroxylation is 1. The van der Waals surface area contributed by atoms with E-state index < -0.39 is 22.5 Å². The predicted octanol–water partition coefficient (Wildman–Crippen LogP) is 0.960. The van der Waals surface area contributed by atoms with Crippen molar-refractivity contribution in [3.05, 3.63) is 42.7 Å². The highest BCUT2D eigenvalue weighted by Gasteiger charge is 2.15. The molecule has 0 amide bonds. The highest BCUT2D eigenvalue weighted by Crippen LogP contribution is 2.09. The zero-order valence-electron chi connectivity index (χ0n) is 9.34. The minimum atomic E-state index is -3.68. The summed E-state index contributed by atoms with van der Waals surface area (Å²) in [6.45, 7) is 4.62. The zero-order valence-corrected chi connectivity index (χ0v) is 10.2. The van der Waals surface area contributed by atoms with Gasteiger partial charge in [-0.25, -0.2) is 8.42 Å². The van der Waals surface area contributed by atoms with Crippen molar-refractivity contribution in [1.29, 1.82) is 0 Å². The highest BCUT2D eigenvalue weighted by molar-refractivity contribution is 7.89. The summed E-state index contributed by atoms with van der Waals surface area (Å²) >= 11 is 0. The van der Waals surface area contributed by atoms with Crippen LogP contribution in [0.3, 0.4) is 0 Å². The molecule has 0 atom stereocenters. The maximum Gasteiger partial charge on any atom is 0.325 e. The van der Waals surface area contributed by atoms with Gasteiger partial charge in [0.15, 0.2) is 0 Å². The van der Waals surface area contributed by atoms with Gasteiger partial charge in [-0.3, -0.25) is 4.79 Å². The molecule has 1 N–H and O–H groups in total. The minimum absolute atomic E-state index is 0.106. The van der Waals surface area contributed by atoms with E-state index in [0.29, 0.717) is 0 Å². The molecule has 1 aromatic carbocycles. The molecule has 0 bridgehead atoms. The van der Waals surface area contributed by atoms with E-state index in [1.54, 1.807) is 12.1 Å². The first-order chi connectivity index (χ1) is 7.95. The molecule has 0 spiro atoms. The van der Waals surface area contributed by atoms with Crippen LogP contribution < -0.4 is 4.72 Å². The molecule has 1 rings (SSSR count). The first-order valence-corrected chi connectivity index (χ1v) is 6.31. The van der Waals surface area contributed by atoms with Crippen molar-refractivity contribution >= 4 is 16.0 Å². The molecular formula is C11H13NO4S. The summed E-state index contributed by atoms with van der Waals surface area (Å²) in [4.78, 5) is 11.1. The lowest BCUT2D eigenvalue weighted by molar-refractivity contribution is -0.136. The molecule has 0 aromatic heterocycles. The second-order valence-electron chi connectivity index (χ2n) is 3.29. The zero-order chi connectivity index (χ0) is 12.9. The maximum absolute atomic E-state index is 11.7. The van der Waals surface area contributed by atoms with E-state index in [9.17, 15) is 13.2 Å². The van der Waals surface area contributed by atoms with Crippen LogP contribution in [-0.4, -0.2) is 20.9 Å². The molecular weight excluding hydrogens is 242 g/mol. The summed E-state index contributed by atoms with van der Waals surface area (Å²) in [6.07, 6.45) is 0.947. The first kappa shape index (κ1) is 13.4. The molecule has 6 heteroatoms.